The summed E-state index contributed by atoms with van der Waals surface area (Å²) in [6.45, 7) is 7.49. The van der Waals surface area contributed by atoms with Gasteiger partial charge in [0, 0.05) is 31.7 Å². The fourth-order valence-corrected chi connectivity index (χ4v) is 4.13. The number of benzene rings is 2. The molecule has 8 heteroatoms. The Morgan fingerprint density at radius 3 is 2.59 bits per heavy atom. The van der Waals surface area contributed by atoms with E-state index in [4.69, 9.17) is 19.2 Å². The molecule has 0 aromatic heterocycles. The molecule has 4 rings (SSSR count). The molecule has 0 atom stereocenters. The maximum atomic E-state index is 13.5. The number of aryl methyl sites for hydroxylation is 1. The first-order valence-corrected chi connectivity index (χ1v) is 10.8. The van der Waals surface area contributed by atoms with Gasteiger partial charge in [-0.25, -0.2) is 9.38 Å². The van der Waals surface area contributed by atoms with Crippen LogP contribution in [0.3, 0.4) is 0 Å². The number of nitrogens with zero attached hydrogens (tertiary/aromatic N) is 1. The van der Waals surface area contributed by atoms with Crippen LogP contribution < -0.4 is 20.1 Å². The van der Waals surface area contributed by atoms with E-state index < -0.39 is 0 Å². The molecule has 0 spiro atoms. The molecular formula is C24H31FIN3O3. The predicted molar refractivity (Wildman–Crippen MR) is 134 cm³/mol. The van der Waals surface area contributed by atoms with Crippen LogP contribution in [-0.2, 0) is 16.7 Å². The van der Waals surface area contributed by atoms with Crippen molar-refractivity contribution in [3.63, 3.8) is 0 Å². The number of hydrogen-bond acceptors (Lipinski definition) is 4. The van der Waals surface area contributed by atoms with Gasteiger partial charge in [0.2, 0.25) is 6.79 Å². The number of nitrogens with one attached hydrogen (secondary N) is 2. The van der Waals surface area contributed by atoms with Crippen LogP contribution >= 0.6 is 24.0 Å². The Hall–Kier alpha value is -2.07. The smallest absolute Gasteiger partial charge is 0.231 e. The van der Waals surface area contributed by atoms with Gasteiger partial charge in [-0.3, -0.25) is 0 Å². The van der Waals surface area contributed by atoms with Gasteiger partial charge in [-0.05, 0) is 61.6 Å². The third-order valence-corrected chi connectivity index (χ3v) is 6.02. The van der Waals surface area contributed by atoms with Crippen molar-refractivity contribution in [2.75, 3.05) is 33.1 Å². The van der Waals surface area contributed by atoms with E-state index in [1.807, 2.05) is 19.1 Å². The topological polar surface area (TPSA) is 64.1 Å². The number of fused-ring (bicyclic) bond motifs is 1. The van der Waals surface area contributed by atoms with Gasteiger partial charge in [0.15, 0.2) is 17.5 Å². The summed E-state index contributed by atoms with van der Waals surface area (Å²) in [4.78, 5) is 4.72. The Morgan fingerprint density at radius 2 is 1.84 bits per heavy atom. The largest absolute Gasteiger partial charge is 0.454 e. The lowest BCUT2D eigenvalue weighted by molar-refractivity contribution is 0.0513. The predicted octanol–water partition coefficient (Wildman–Crippen LogP) is 4.28. The van der Waals surface area contributed by atoms with Crippen LogP contribution in [0.4, 0.5) is 4.39 Å². The van der Waals surface area contributed by atoms with E-state index in [1.165, 1.54) is 11.6 Å². The lowest BCUT2D eigenvalue weighted by Crippen LogP contribution is -2.48. The number of rotatable bonds is 6. The summed E-state index contributed by atoms with van der Waals surface area (Å²) in [6, 6.07) is 11.3. The molecule has 2 aliphatic rings. The van der Waals surface area contributed by atoms with Crippen LogP contribution in [0.5, 0.6) is 11.5 Å². The van der Waals surface area contributed by atoms with Crippen LogP contribution in [0.15, 0.2) is 41.4 Å². The minimum Gasteiger partial charge on any atom is -0.454 e. The molecule has 0 aliphatic carbocycles. The summed E-state index contributed by atoms with van der Waals surface area (Å²) in [5.41, 5.74) is 2.75. The summed E-state index contributed by atoms with van der Waals surface area (Å²) in [6.07, 6.45) is 1.83. The van der Waals surface area contributed by atoms with Crippen molar-refractivity contribution < 1.29 is 18.6 Å². The van der Waals surface area contributed by atoms with Crippen LogP contribution in [0, 0.1) is 12.7 Å². The molecule has 0 amide bonds. The fourth-order valence-electron chi connectivity index (χ4n) is 4.13. The van der Waals surface area contributed by atoms with E-state index in [1.54, 1.807) is 13.0 Å². The molecule has 6 nitrogen and oxygen atoms in total. The molecule has 2 heterocycles. The molecule has 2 aromatic carbocycles. The van der Waals surface area contributed by atoms with Crippen molar-refractivity contribution in [2.45, 2.75) is 38.6 Å². The van der Waals surface area contributed by atoms with Gasteiger partial charge in [-0.2, -0.15) is 0 Å². The van der Waals surface area contributed by atoms with E-state index in [0.29, 0.717) is 12.1 Å². The number of guanidine groups is 1. The van der Waals surface area contributed by atoms with Gasteiger partial charge in [0.25, 0.3) is 0 Å². The Morgan fingerprint density at radius 1 is 1.06 bits per heavy atom. The minimum absolute atomic E-state index is 0. The first-order chi connectivity index (χ1) is 15.1. The molecule has 2 N–H and O–H groups in total. The monoisotopic (exact) mass is 555 g/mol. The molecule has 0 saturated carbocycles. The van der Waals surface area contributed by atoms with Crippen LogP contribution in [0.1, 0.15) is 36.5 Å². The molecule has 1 saturated heterocycles. The van der Waals surface area contributed by atoms with Crippen molar-refractivity contribution >= 4 is 29.9 Å². The van der Waals surface area contributed by atoms with Crippen molar-refractivity contribution in [3.05, 3.63) is 58.9 Å². The molecule has 32 heavy (non-hydrogen) atoms. The van der Waals surface area contributed by atoms with Crippen molar-refractivity contribution in [1.29, 1.82) is 0 Å². The first-order valence-electron chi connectivity index (χ1n) is 10.8. The summed E-state index contributed by atoms with van der Waals surface area (Å²) < 4.78 is 30.3. The van der Waals surface area contributed by atoms with Gasteiger partial charge in [-0.1, -0.05) is 18.2 Å². The van der Waals surface area contributed by atoms with E-state index >= 15 is 0 Å². The molecule has 0 unspecified atom stereocenters. The maximum Gasteiger partial charge on any atom is 0.231 e. The highest BCUT2D eigenvalue weighted by Gasteiger charge is 2.35. The number of halogens is 2. The van der Waals surface area contributed by atoms with Gasteiger partial charge in [0.05, 0.1) is 6.54 Å². The molecule has 1 fully saturated rings. The lowest BCUT2D eigenvalue weighted by atomic mass is 9.74. The molecule has 0 radical (unpaired) electrons. The van der Waals surface area contributed by atoms with Gasteiger partial charge in [0.1, 0.15) is 5.82 Å². The van der Waals surface area contributed by atoms with Crippen LogP contribution in [0.25, 0.3) is 0 Å². The highest BCUT2D eigenvalue weighted by Crippen LogP contribution is 2.40. The summed E-state index contributed by atoms with van der Waals surface area (Å²) in [5.74, 6) is 2.15. The first kappa shape index (κ1) is 24.6. The van der Waals surface area contributed by atoms with Crippen molar-refractivity contribution in [2.24, 2.45) is 4.99 Å². The molecule has 2 aliphatic heterocycles. The fraction of sp³-hybridized carbons (Fsp3) is 0.458. The molecule has 174 valence electrons. The SMILES string of the molecule is CCNC(=NCc1ccc(F)c(C)c1)NCC1(c2ccc3c(c2)OCO3)CCOCC1.I. The number of hydrogen-bond donors (Lipinski definition) is 2. The Balaban J connectivity index is 0.00000289. The van der Waals surface area contributed by atoms with E-state index in [9.17, 15) is 4.39 Å². The van der Waals surface area contributed by atoms with Gasteiger partial charge >= 0.3 is 0 Å². The Labute approximate surface area is 206 Å². The quantitative estimate of drug-likeness (QED) is 0.317. The second-order valence-corrected chi connectivity index (χ2v) is 8.09. The Kier molecular flexibility index (Phi) is 8.58. The average molecular weight is 555 g/mol. The summed E-state index contributed by atoms with van der Waals surface area (Å²) in [7, 11) is 0. The Bertz CT molecular complexity index is 948. The minimum atomic E-state index is -0.192. The second-order valence-electron chi connectivity index (χ2n) is 8.09. The zero-order chi connectivity index (χ0) is 21.7. The van der Waals surface area contributed by atoms with E-state index in [0.717, 1.165) is 62.2 Å². The van der Waals surface area contributed by atoms with E-state index in [-0.39, 0.29) is 42.0 Å². The van der Waals surface area contributed by atoms with Gasteiger partial charge < -0.3 is 24.8 Å². The van der Waals surface area contributed by atoms with Gasteiger partial charge in [-0.15, -0.1) is 24.0 Å². The molecule has 2 aromatic rings. The normalized spacial score (nSPS) is 16.9. The van der Waals surface area contributed by atoms with Crippen LogP contribution in [-0.4, -0.2) is 39.1 Å². The zero-order valence-electron chi connectivity index (χ0n) is 18.6. The third-order valence-electron chi connectivity index (χ3n) is 6.02. The highest BCUT2D eigenvalue weighted by molar-refractivity contribution is 14.0. The summed E-state index contributed by atoms with van der Waals surface area (Å²) >= 11 is 0. The molecular weight excluding hydrogens is 524 g/mol. The molecule has 0 bridgehead atoms. The maximum absolute atomic E-state index is 13.5. The number of ether oxygens (including phenoxy) is 3. The van der Waals surface area contributed by atoms with Crippen molar-refractivity contribution in [3.8, 4) is 11.5 Å². The highest BCUT2D eigenvalue weighted by atomic mass is 127. The van der Waals surface area contributed by atoms with Crippen molar-refractivity contribution in [1.82, 2.24) is 10.6 Å². The second kappa shape index (κ2) is 11.2. The zero-order valence-corrected chi connectivity index (χ0v) is 20.9. The average Bonchev–Trinajstić information content (AvgIpc) is 3.26. The lowest BCUT2D eigenvalue weighted by Gasteiger charge is -2.38. The number of aliphatic imine (C=N–C) groups is 1. The third kappa shape index (κ3) is 5.64. The standard InChI is InChI=1S/C24H30FN3O3.HI/c1-3-26-23(27-14-18-4-6-20(25)17(2)12-18)28-15-24(8-10-29-11-9-24)19-5-7-21-22(13-19)31-16-30-21;/h4-7,12-13H,3,8-11,14-16H2,1-2H3,(H2,26,27,28);1H. The van der Waals surface area contributed by atoms with E-state index in [2.05, 4.69) is 22.8 Å². The summed E-state index contributed by atoms with van der Waals surface area (Å²) in [5, 5.41) is 6.85. The van der Waals surface area contributed by atoms with Crippen LogP contribution in [0.2, 0.25) is 0 Å².